The molecule has 6 heteroatoms. The van der Waals surface area contributed by atoms with E-state index in [0.717, 1.165) is 6.41 Å². The monoisotopic (exact) mass is 264 g/mol. The number of carbonyl (C=O) groups is 3. The number of Topliss-reactive ketones (excluding diaryl/α,β-unsaturated/α-hetero) is 1. The normalized spacial score (nSPS) is 15.4. The molecule has 0 saturated carbocycles. The third-order valence-electron chi connectivity index (χ3n) is 3.18. The summed E-state index contributed by atoms with van der Waals surface area (Å²) in [5.74, 6) is 0.0777. The highest BCUT2D eigenvalue weighted by atomic mass is 16.3. The van der Waals surface area contributed by atoms with E-state index in [1.807, 2.05) is 0 Å². The molecule has 0 aromatic carbocycles. The number of hydrogen-bond acceptors (Lipinski definition) is 4. The molecule has 0 radical (unpaired) electrons. The summed E-state index contributed by atoms with van der Waals surface area (Å²) >= 11 is 0. The zero-order valence-corrected chi connectivity index (χ0v) is 10.6. The van der Waals surface area contributed by atoms with E-state index in [1.54, 1.807) is 21.9 Å². The van der Waals surface area contributed by atoms with Crippen LogP contribution in [0.25, 0.3) is 0 Å². The third kappa shape index (κ3) is 3.43. The molecule has 2 rings (SSSR count). The van der Waals surface area contributed by atoms with Crippen LogP contribution in [0.5, 0.6) is 0 Å². The van der Waals surface area contributed by atoms with E-state index in [4.69, 9.17) is 4.42 Å². The van der Waals surface area contributed by atoms with Crippen molar-refractivity contribution in [3.8, 4) is 0 Å². The topological polar surface area (TPSA) is 70.8 Å². The molecule has 19 heavy (non-hydrogen) atoms. The van der Waals surface area contributed by atoms with E-state index in [1.165, 1.54) is 6.26 Å². The van der Waals surface area contributed by atoms with Crippen LogP contribution in [0.15, 0.2) is 22.8 Å². The van der Waals surface area contributed by atoms with Crippen molar-refractivity contribution in [1.82, 2.24) is 9.80 Å². The van der Waals surface area contributed by atoms with E-state index >= 15 is 0 Å². The quantitative estimate of drug-likeness (QED) is 0.575. The molecule has 0 bridgehead atoms. The second-order valence-electron chi connectivity index (χ2n) is 4.42. The first-order valence-corrected chi connectivity index (χ1v) is 6.24. The molecule has 2 heterocycles. The van der Waals surface area contributed by atoms with Crippen molar-refractivity contribution in [3.05, 3.63) is 24.2 Å². The van der Waals surface area contributed by atoms with Crippen molar-refractivity contribution in [2.24, 2.45) is 0 Å². The molecule has 1 fully saturated rings. The standard InChI is InChI=1S/C13H16N2O4/c16-10-14-5-7-15(8-6-14)13(18)4-3-11(17)12-2-1-9-19-12/h1-2,9-10H,3-8H2. The van der Waals surface area contributed by atoms with Gasteiger partial charge in [0.05, 0.1) is 6.26 Å². The van der Waals surface area contributed by atoms with Crippen LogP contribution >= 0.6 is 0 Å². The number of furan rings is 1. The lowest BCUT2D eigenvalue weighted by atomic mass is 10.1. The first kappa shape index (κ1) is 13.3. The van der Waals surface area contributed by atoms with E-state index < -0.39 is 0 Å². The third-order valence-corrected chi connectivity index (χ3v) is 3.18. The molecule has 0 spiro atoms. The fourth-order valence-corrected chi connectivity index (χ4v) is 2.02. The summed E-state index contributed by atoms with van der Waals surface area (Å²) in [6.45, 7) is 2.18. The van der Waals surface area contributed by atoms with Gasteiger partial charge in [-0.15, -0.1) is 0 Å². The van der Waals surface area contributed by atoms with Crippen LogP contribution < -0.4 is 0 Å². The van der Waals surface area contributed by atoms with Gasteiger partial charge in [-0.25, -0.2) is 0 Å². The molecule has 1 aromatic rings. The summed E-state index contributed by atoms with van der Waals surface area (Å²) in [4.78, 5) is 37.5. The Morgan fingerprint density at radius 1 is 1.21 bits per heavy atom. The van der Waals surface area contributed by atoms with Crippen molar-refractivity contribution >= 4 is 18.1 Å². The molecule has 1 aliphatic rings. The Hall–Kier alpha value is -2.11. The van der Waals surface area contributed by atoms with Crippen LogP contribution in [0, 0.1) is 0 Å². The molecule has 2 amide bonds. The van der Waals surface area contributed by atoms with Gasteiger partial charge in [-0.1, -0.05) is 0 Å². The highest BCUT2D eigenvalue weighted by Crippen LogP contribution is 2.09. The number of amides is 2. The second kappa shape index (κ2) is 6.17. The molecule has 0 unspecified atom stereocenters. The van der Waals surface area contributed by atoms with Crippen LogP contribution in [-0.2, 0) is 9.59 Å². The van der Waals surface area contributed by atoms with E-state index in [9.17, 15) is 14.4 Å². The second-order valence-corrected chi connectivity index (χ2v) is 4.42. The fraction of sp³-hybridized carbons (Fsp3) is 0.462. The lowest BCUT2D eigenvalue weighted by Crippen LogP contribution is -2.48. The van der Waals surface area contributed by atoms with Crippen LogP contribution in [0.1, 0.15) is 23.4 Å². The predicted molar refractivity (Wildman–Crippen MR) is 66.5 cm³/mol. The van der Waals surface area contributed by atoms with E-state index in [2.05, 4.69) is 0 Å². The van der Waals surface area contributed by atoms with Gasteiger partial charge in [-0.3, -0.25) is 14.4 Å². The van der Waals surface area contributed by atoms with Gasteiger partial charge >= 0.3 is 0 Å². The van der Waals surface area contributed by atoms with Gasteiger partial charge in [0.25, 0.3) is 0 Å². The van der Waals surface area contributed by atoms with Gasteiger partial charge in [-0.2, -0.15) is 0 Å². The summed E-state index contributed by atoms with van der Waals surface area (Å²) < 4.78 is 4.98. The van der Waals surface area contributed by atoms with Crippen LogP contribution in [0.3, 0.4) is 0 Å². The van der Waals surface area contributed by atoms with Crippen molar-refractivity contribution in [1.29, 1.82) is 0 Å². The minimum absolute atomic E-state index is 0.0505. The van der Waals surface area contributed by atoms with E-state index in [0.29, 0.717) is 31.9 Å². The SMILES string of the molecule is O=CN1CCN(C(=O)CCC(=O)c2ccco2)CC1. The number of nitrogens with zero attached hydrogens (tertiary/aromatic N) is 2. The Labute approximate surface area is 111 Å². The fourth-order valence-electron chi connectivity index (χ4n) is 2.02. The molecule has 102 valence electrons. The van der Waals surface area contributed by atoms with Gasteiger partial charge in [0, 0.05) is 39.0 Å². The first-order valence-electron chi connectivity index (χ1n) is 6.24. The van der Waals surface area contributed by atoms with Gasteiger partial charge in [0.1, 0.15) is 0 Å². The maximum absolute atomic E-state index is 11.9. The van der Waals surface area contributed by atoms with Crippen LogP contribution in [-0.4, -0.2) is 54.1 Å². The summed E-state index contributed by atoms with van der Waals surface area (Å²) in [6.07, 6.45) is 2.57. The summed E-state index contributed by atoms with van der Waals surface area (Å²) in [5.41, 5.74) is 0. The maximum Gasteiger partial charge on any atom is 0.223 e. The Kier molecular flexibility index (Phi) is 4.33. The Balaban J connectivity index is 1.76. The predicted octanol–water partition coefficient (Wildman–Crippen LogP) is 0.543. The smallest absolute Gasteiger partial charge is 0.223 e. The van der Waals surface area contributed by atoms with Crippen molar-refractivity contribution in [3.63, 3.8) is 0 Å². The molecular formula is C13H16N2O4. The van der Waals surface area contributed by atoms with Crippen LogP contribution in [0.4, 0.5) is 0 Å². The summed E-state index contributed by atoms with van der Waals surface area (Å²) in [5, 5.41) is 0. The number of piperazine rings is 1. The lowest BCUT2D eigenvalue weighted by Gasteiger charge is -2.32. The average Bonchev–Trinajstić information content (AvgIpc) is 2.98. The summed E-state index contributed by atoms with van der Waals surface area (Å²) in [7, 11) is 0. The zero-order chi connectivity index (χ0) is 13.7. The number of rotatable bonds is 5. The molecule has 0 aliphatic carbocycles. The average molecular weight is 264 g/mol. The van der Waals surface area contributed by atoms with Gasteiger partial charge in [0.2, 0.25) is 12.3 Å². The lowest BCUT2D eigenvalue weighted by molar-refractivity contribution is -0.135. The molecule has 0 N–H and O–H groups in total. The van der Waals surface area contributed by atoms with Gasteiger partial charge in [0.15, 0.2) is 11.5 Å². The van der Waals surface area contributed by atoms with Gasteiger partial charge < -0.3 is 14.2 Å². The van der Waals surface area contributed by atoms with Gasteiger partial charge in [-0.05, 0) is 12.1 Å². The molecule has 1 aliphatic heterocycles. The number of hydrogen-bond donors (Lipinski definition) is 0. The zero-order valence-electron chi connectivity index (χ0n) is 10.6. The molecule has 1 aromatic heterocycles. The van der Waals surface area contributed by atoms with Crippen molar-refractivity contribution in [2.75, 3.05) is 26.2 Å². The first-order chi connectivity index (χ1) is 9.20. The highest BCUT2D eigenvalue weighted by Gasteiger charge is 2.21. The number of ketones is 1. The Morgan fingerprint density at radius 2 is 1.95 bits per heavy atom. The molecule has 1 saturated heterocycles. The van der Waals surface area contributed by atoms with Crippen molar-refractivity contribution < 1.29 is 18.8 Å². The Bertz CT molecular complexity index is 447. The minimum atomic E-state index is -0.162. The maximum atomic E-state index is 11.9. The highest BCUT2D eigenvalue weighted by molar-refractivity contribution is 5.95. The molecular weight excluding hydrogens is 248 g/mol. The number of carbonyl (C=O) groups excluding carboxylic acids is 3. The van der Waals surface area contributed by atoms with E-state index in [-0.39, 0.29) is 24.5 Å². The summed E-state index contributed by atoms with van der Waals surface area (Å²) in [6, 6.07) is 3.24. The van der Waals surface area contributed by atoms with Crippen molar-refractivity contribution in [2.45, 2.75) is 12.8 Å². The molecule has 6 nitrogen and oxygen atoms in total. The Morgan fingerprint density at radius 3 is 2.53 bits per heavy atom. The molecule has 0 atom stereocenters. The largest absolute Gasteiger partial charge is 0.461 e. The minimum Gasteiger partial charge on any atom is -0.461 e. The van der Waals surface area contributed by atoms with Crippen LogP contribution in [0.2, 0.25) is 0 Å².